The van der Waals surface area contributed by atoms with E-state index in [1.165, 1.54) is 39.8 Å². The lowest BCUT2D eigenvalue weighted by Gasteiger charge is -2.29. The van der Waals surface area contributed by atoms with Crippen LogP contribution in [0.1, 0.15) is 52.7 Å². The summed E-state index contributed by atoms with van der Waals surface area (Å²) >= 11 is 1.12. The average Bonchev–Trinajstić information content (AvgIpc) is 3.14. The van der Waals surface area contributed by atoms with E-state index in [0.29, 0.717) is 5.69 Å². The number of nitrogens with zero attached hydrogens (tertiary/aromatic N) is 2. The van der Waals surface area contributed by atoms with Gasteiger partial charge in [0.25, 0.3) is 5.69 Å². The van der Waals surface area contributed by atoms with Crippen LogP contribution in [0, 0.1) is 16.0 Å². The van der Waals surface area contributed by atoms with Crippen molar-refractivity contribution in [1.82, 2.24) is 4.98 Å². The summed E-state index contributed by atoms with van der Waals surface area (Å²) in [6.45, 7) is 8.74. The number of carboxylic acid groups (broad SMARTS) is 2. The number of hydrogen-bond donors (Lipinski definition) is 3. The maximum Gasteiger partial charge on any atom is 0.313 e. The van der Waals surface area contributed by atoms with Crippen LogP contribution in [0.2, 0.25) is 0 Å². The first-order chi connectivity index (χ1) is 14.6. The predicted octanol–water partition coefficient (Wildman–Crippen LogP) is 4.04. The number of nitrogens with one attached hydrogen (secondary N) is 1. The summed E-state index contributed by atoms with van der Waals surface area (Å²) in [5, 5.41) is 36.0. The molecular formula is C21H25N3O7S. The fourth-order valence-electron chi connectivity index (χ4n) is 3.00. The van der Waals surface area contributed by atoms with Crippen molar-refractivity contribution < 1.29 is 29.5 Å². The zero-order valence-electron chi connectivity index (χ0n) is 18.5. The molecule has 1 amide bonds. The smallest absolute Gasteiger partial charge is 0.313 e. The molecule has 0 aliphatic heterocycles. The number of nitro groups is 1. The molecule has 1 aromatic heterocycles. The first kappa shape index (κ1) is 24.9. The Balaban J connectivity index is 2.81. The van der Waals surface area contributed by atoms with E-state index >= 15 is 0 Å². The Labute approximate surface area is 188 Å². The number of anilines is 1. The second-order valence-electron chi connectivity index (χ2n) is 8.72. The summed E-state index contributed by atoms with van der Waals surface area (Å²) in [6, 6.07) is 2.61. The monoisotopic (exact) mass is 463 g/mol. The molecule has 0 radical (unpaired) electrons. The van der Waals surface area contributed by atoms with Gasteiger partial charge in [-0.25, -0.2) is 4.98 Å². The molecule has 1 heterocycles. The molecule has 0 aliphatic carbocycles. The Kier molecular flexibility index (Phi) is 6.74. The Morgan fingerprint density at radius 1 is 1.09 bits per heavy atom. The minimum Gasteiger partial charge on any atom is -0.481 e. The third-order valence-corrected chi connectivity index (χ3v) is 5.99. The van der Waals surface area contributed by atoms with Crippen LogP contribution < -0.4 is 5.32 Å². The summed E-state index contributed by atoms with van der Waals surface area (Å²) in [5.41, 5.74) is -3.53. The molecule has 172 valence electrons. The minimum absolute atomic E-state index is 0.00219. The zero-order chi connectivity index (χ0) is 24.6. The highest BCUT2D eigenvalue weighted by Gasteiger charge is 2.44. The molecule has 0 saturated carbocycles. The Bertz CT molecular complexity index is 1100. The Morgan fingerprint density at radius 3 is 2.12 bits per heavy atom. The molecule has 11 heteroatoms. The molecule has 2 aromatic rings. The topological polar surface area (TPSA) is 160 Å². The molecule has 0 spiro atoms. The highest BCUT2D eigenvalue weighted by molar-refractivity contribution is 7.14. The number of aromatic nitrogens is 1. The number of rotatable bonds is 8. The van der Waals surface area contributed by atoms with Gasteiger partial charge in [-0.05, 0) is 39.3 Å². The van der Waals surface area contributed by atoms with Crippen molar-refractivity contribution in [2.75, 3.05) is 5.32 Å². The van der Waals surface area contributed by atoms with Gasteiger partial charge in [0.15, 0.2) is 5.13 Å². The van der Waals surface area contributed by atoms with E-state index in [-0.39, 0.29) is 33.6 Å². The summed E-state index contributed by atoms with van der Waals surface area (Å²) in [7, 11) is 0. The summed E-state index contributed by atoms with van der Waals surface area (Å²) in [6.07, 6.45) is 0. The van der Waals surface area contributed by atoms with Crippen molar-refractivity contribution in [3.63, 3.8) is 0 Å². The van der Waals surface area contributed by atoms with Crippen molar-refractivity contribution in [2.24, 2.45) is 5.92 Å². The standard InChI is InChI=1S/C21H25N3O7S/c1-10(2)16(25)23-19-22-13(9-32-19)11-7-12(20(3,4)17(26)27)15(14(8-11)24(30)31)21(5,6)18(28)29/h7-10H,1-6H3,(H,26,27)(H,28,29)(H,22,23,25). The van der Waals surface area contributed by atoms with E-state index in [9.17, 15) is 34.7 Å². The summed E-state index contributed by atoms with van der Waals surface area (Å²) in [4.78, 5) is 51.4. The number of thiazole rings is 1. The molecule has 2 rings (SSSR count). The molecule has 10 nitrogen and oxygen atoms in total. The highest BCUT2D eigenvalue weighted by atomic mass is 32.1. The predicted molar refractivity (Wildman–Crippen MR) is 119 cm³/mol. The second-order valence-corrected chi connectivity index (χ2v) is 9.58. The molecule has 0 unspecified atom stereocenters. The molecule has 0 aliphatic rings. The number of carbonyl (C=O) groups excluding carboxylic acids is 1. The van der Waals surface area contributed by atoms with Crippen molar-refractivity contribution in [3.8, 4) is 11.3 Å². The number of amides is 1. The third-order valence-electron chi connectivity index (χ3n) is 5.24. The van der Waals surface area contributed by atoms with Gasteiger partial charge < -0.3 is 15.5 Å². The van der Waals surface area contributed by atoms with Crippen LogP contribution in [0.3, 0.4) is 0 Å². The van der Waals surface area contributed by atoms with Crippen LogP contribution in [-0.2, 0) is 25.2 Å². The van der Waals surface area contributed by atoms with Gasteiger partial charge in [-0.1, -0.05) is 13.8 Å². The van der Waals surface area contributed by atoms with Crippen LogP contribution in [0.4, 0.5) is 10.8 Å². The van der Waals surface area contributed by atoms with Gasteiger partial charge in [0.1, 0.15) is 0 Å². The van der Waals surface area contributed by atoms with Crippen molar-refractivity contribution in [3.05, 3.63) is 38.8 Å². The van der Waals surface area contributed by atoms with Gasteiger partial charge in [-0.2, -0.15) is 0 Å². The van der Waals surface area contributed by atoms with Gasteiger partial charge in [0.2, 0.25) is 5.91 Å². The fraction of sp³-hybridized carbons (Fsp3) is 0.429. The van der Waals surface area contributed by atoms with Crippen LogP contribution in [0.15, 0.2) is 17.5 Å². The first-order valence-electron chi connectivity index (χ1n) is 9.67. The minimum atomic E-state index is -1.73. The van der Waals surface area contributed by atoms with Gasteiger partial charge in [0.05, 0.1) is 27.0 Å². The third kappa shape index (κ3) is 4.62. The fourth-order valence-corrected chi connectivity index (χ4v) is 3.73. The molecule has 0 saturated heterocycles. The average molecular weight is 464 g/mol. The zero-order valence-corrected chi connectivity index (χ0v) is 19.4. The molecule has 1 aromatic carbocycles. The van der Waals surface area contributed by atoms with Crippen LogP contribution >= 0.6 is 11.3 Å². The number of nitro benzene ring substituents is 1. The summed E-state index contributed by atoms with van der Waals surface area (Å²) < 4.78 is 0. The lowest BCUT2D eigenvalue weighted by Crippen LogP contribution is -2.37. The Morgan fingerprint density at radius 2 is 1.66 bits per heavy atom. The van der Waals surface area contributed by atoms with E-state index in [4.69, 9.17) is 0 Å². The largest absolute Gasteiger partial charge is 0.481 e. The van der Waals surface area contributed by atoms with E-state index in [0.717, 1.165) is 11.3 Å². The molecule has 0 fully saturated rings. The van der Waals surface area contributed by atoms with E-state index < -0.39 is 33.4 Å². The lowest BCUT2D eigenvalue weighted by molar-refractivity contribution is -0.386. The quantitative estimate of drug-likeness (QED) is 0.390. The lowest BCUT2D eigenvalue weighted by atomic mass is 9.72. The number of benzene rings is 1. The van der Waals surface area contributed by atoms with Crippen LogP contribution in [-0.4, -0.2) is 38.0 Å². The van der Waals surface area contributed by atoms with Crippen LogP contribution in [0.5, 0.6) is 0 Å². The number of carboxylic acids is 2. The normalized spacial score (nSPS) is 12.0. The first-order valence-corrected chi connectivity index (χ1v) is 10.6. The van der Waals surface area contributed by atoms with E-state index in [1.807, 2.05) is 0 Å². The number of carbonyl (C=O) groups is 3. The van der Waals surface area contributed by atoms with E-state index in [1.54, 1.807) is 19.2 Å². The molecule has 32 heavy (non-hydrogen) atoms. The highest BCUT2D eigenvalue weighted by Crippen LogP contribution is 2.43. The van der Waals surface area contributed by atoms with Gasteiger partial charge in [0, 0.05) is 22.9 Å². The molecular weight excluding hydrogens is 438 g/mol. The van der Waals surface area contributed by atoms with E-state index in [2.05, 4.69) is 10.3 Å². The molecule has 0 bridgehead atoms. The van der Waals surface area contributed by atoms with Gasteiger partial charge >= 0.3 is 11.9 Å². The van der Waals surface area contributed by atoms with Gasteiger partial charge in [-0.3, -0.25) is 24.5 Å². The molecule has 0 atom stereocenters. The maximum absolute atomic E-state index is 12.0. The van der Waals surface area contributed by atoms with Crippen molar-refractivity contribution >= 4 is 40.0 Å². The Hall–Kier alpha value is -3.34. The number of aliphatic carboxylic acids is 2. The van der Waals surface area contributed by atoms with Crippen molar-refractivity contribution in [1.29, 1.82) is 0 Å². The maximum atomic E-state index is 12.0. The number of hydrogen-bond acceptors (Lipinski definition) is 7. The SMILES string of the molecule is CC(C)C(=O)Nc1nc(-c2cc([N+](=O)[O-])c(C(C)(C)C(=O)O)c(C(C)(C)C(=O)O)c2)cs1. The molecule has 3 N–H and O–H groups in total. The second kappa shape index (κ2) is 8.65. The van der Waals surface area contributed by atoms with Crippen molar-refractivity contribution in [2.45, 2.75) is 52.4 Å². The van der Waals surface area contributed by atoms with Crippen LogP contribution in [0.25, 0.3) is 11.3 Å². The van der Waals surface area contributed by atoms with Gasteiger partial charge in [-0.15, -0.1) is 11.3 Å². The summed E-state index contributed by atoms with van der Waals surface area (Å²) in [5.74, 6) is -3.12.